The summed E-state index contributed by atoms with van der Waals surface area (Å²) in [6.45, 7) is 5.46. The van der Waals surface area contributed by atoms with Gasteiger partial charge in [-0.15, -0.1) is 0 Å². The molecule has 0 aliphatic carbocycles. The van der Waals surface area contributed by atoms with Crippen molar-refractivity contribution in [1.82, 2.24) is 19.3 Å². The summed E-state index contributed by atoms with van der Waals surface area (Å²) in [4.78, 5) is 36.9. The summed E-state index contributed by atoms with van der Waals surface area (Å²) in [6.07, 6.45) is 2.98. The fourth-order valence-corrected chi connectivity index (χ4v) is 4.90. The van der Waals surface area contributed by atoms with Crippen LogP contribution in [0.1, 0.15) is 47.4 Å². The number of halogens is 1. The van der Waals surface area contributed by atoms with Crippen molar-refractivity contribution in [3.05, 3.63) is 56.6 Å². The number of nitrogens with one attached hydrogen (secondary N) is 2. The maximum absolute atomic E-state index is 13.2. The quantitative estimate of drug-likeness (QED) is 0.477. The standard InChI is InChI=1S/C23H27ClN6O4S/c1-13-11-15(19-16(12-13)22(32)29(3)23(27-19)30-9-5-6-10-30)14(2)25-17-7-8-18(24)26-20(17)21(31)28-35(4,33)34/h7-8,11-12,14,25H,5-6,9-10H2,1-4H3,(H,28,31)/t14-/m1/s1. The number of pyridine rings is 1. The van der Waals surface area contributed by atoms with Crippen LogP contribution in [0, 0.1) is 6.92 Å². The summed E-state index contributed by atoms with van der Waals surface area (Å²) in [7, 11) is -2.07. The van der Waals surface area contributed by atoms with E-state index in [0.717, 1.165) is 43.3 Å². The molecule has 1 amide bonds. The van der Waals surface area contributed by atoms with Crippen molar-refractivity contribution in [2.24, 2.45) is 7.05 Å². The first-order valence-corrected chi connectivity index (χ1v) is 13.4. The van der Waals surface area contributed by atoms with Crippen LogP contribution in [0.2, 0.25) is 5.15 Å². The largest absolute Gasteiger partial charge is 0.377 e. The number of rotatable bonds is 6. The molecule has 2 N–H and O–H groups in total. The number of carbonyl (C=O) groups is 1. The van der Waals surface area contributed by atoms with E-state index >= 15 is 0 Å². The number of amides is 1. The highest BCUT2D eigenvalue weighted by atomic mass is 35.5. The number of sulfonamides is 1. The maximum atomic E-state index is 13.2. The second-order valence-electron chi connectivity index (χ2n) is 8.82. The van der Waals surface area contributed by atoms with E-state index in [2.05, 4.69) is 15.2 Å². The molecule has 1 fully saturated rings. The lowest BCUT2D eigenvalue weighted by molar-refractivity contribution is 0.0977. The Kier molecular flexibility index (Phi) is 6.74. The Morgan fingerprint density at radius 2 is 1.86 bits per heavy atom. The van der Waals surface area contributed by atoms with Crippen molar-refractivity contribution in [3.63, 3.8) is 0 Å². The van der Waals surface area contributed by atoms with Crippen LogP contribution in [0.15, 0.2) is 29.1 Å². The molecule has 186 valence electrons. The molecule has 1 aliphatic heterocycles. The number of carbonyl (C=O) groups excluding carboxylic acids is 1. The van der Waals surface area contributed by atoms with Crippen molar-refractivity contribution >= 4 is 50.1 Å². The first-order chi connectivity index (χ1) is 16.4. The average Bonchev–Trinajstić information content (AvgIpc) is 3.30. The molecule has 1 aliphatic rings. The van der Waals surface area contributed by atoms with E-state index in [-0.39, 0.29) is 16.4 Å². The van der Waals surface area contributed by atoms with Crippen molar-refractivity contribution in [3.8, 4) is 0 Å². The fourth-order valence-electron chi connectivity index (χ4n) is 4.32. The van der Waals surface area contributed by atoms with Gasteiger partial charge in [0.25, 0.3) is 11.5 Å². The number of aromatic nitrogens is 3. The van der Waals surface area contributed by atoms with Crippen molar-refractivity contribution in [1.29, 1.82) is 0 Å². The normalized spacial score (nSPS) is 14.8. The van der Waals surface area contributed by atoms with Gasteiger partial charge in [-0.1, -0.05) is 17.7 Å². The number of aryl methyl sites for hydroxylation is 1. The van der Waals surface area contributed by atoms with Crippen molar-refractivity contribution in [2.45, 2.75) is 32.7 Å². The van der Waals surface area contributed by atoms with Gasteiger partial charge in [-0.3, -0.25) is 14.2 Å². The van der Waals surface area contributed by atoms with Crippen LogP contribution in [-0.4, -0.2) is 48.2 Å². The van der Waals surface area contributed by atoms with Gasteiger partial charge >= 0.3 is 0 Å². The lowest BCUT2D eigenvalue weighted by Gasteiger charge is -2.23. The molecule has 1 saturated heterocycles. The Labute approximate surface area is 208 Å². The van der Waals surface area contributed by atoms with Gasteiger partial charge in [-0.05, 0) is 50.5 Å². The molecule has 1 aromatic carbocycles. The van der Waals surface area contributed by atoms with Crippen LogP contribution in [0.3, 0.4) is 0 Å². The molecule has 12 heteroatoms. The molecule has 0 radical (unpaired) electrons. The number of nitrogens with zero attached hydrogens (tertiary/aromatic N) is 4. The first-order valence-electron chi connectivity index (χ1n) is 11.2. The van der Waals surface area contributed by atoms with E-state index in [9.17, 15) is 18.0 Å². The summed E-state index contributed by atoms with van der Waals surface area (Å²) in [5.41, 5.74) is 2.23. The van der Waals surface area contributed by atoms with Crippen LogP contribution in [-0.2, 0) is 17.1 Å². The van der Waals surface area contributed by atoms with Gasteiger partial charge in [0.05, 0.1) is 28.9 Å². The Balaban J connectivity index is 1.79. The summed E-state index contributed by atoms with van der Waals surface area (Å²) in [6, 6.07) is 6.42. The summed E-state index contributed by atoms with van der Waals surface area (Å²) in [5.74, 6) is -0.277. The van der Waals surface area contributed by atoms with Crippen LogP contribution in [0.25, 0.3) is 10.9 Å². The smallest absolute Gasteiger partial charge is 0.285 e. The lowest BCUT2D eigenvalue weighted by atomic mass is 10.0. The molecule has 0 spiro atoms. The predicted octanol–water partition coefficient (Wildman–Crippen LogP) is 2.75. The van der Waals surface area contributed by atoms with E-state index in [1.54, 1.807) is 17.7 Å². The first kappa shape index (κ1) is 24.9. The van der Waals surface area contributed by atoms with Crippen LogP contribution < -0.4 is 20.5 Å². The van der Waals surface area contributed by atoms with E-state index in [1.807, 2.05) is 30.7 Å². The summed E-state index contributed by atoms with van der Waals surface area (Å²) < 4.78 is 26.7. The van der Waals surface area contributed by atoms with Gasteiger partial charge in [0.15, 0.2) is 5.69 Å². The van der Waals surface area contributed by atoms with Gasteiger partial charge in [-0.2, -0.15) is 0 Å². The number of benzene rings is 1. The van der Waals surface area contributed by atoms with Gasteiger partial charge < -0.3 is 10.2 Å². The van der Waals surface area contributed by atoms with Crippen molar-refractivity contribution < 1.29 is 13.2 Å². The molecule has 0 bridgehead atoms. The Bertz CT molecular complexity index is 1480. The Morgan fingerprint density at radius 3 is 2.51 bits per heavy atom. The van der Waals surface area contributed by atoms with Gasteiger partial charge in [0, 0.05) is 25.7 Å². The molecule has 1 atom stereocenters. The molecule has 35 heavy (non-hydrogen) atoms. The molecule has 4 rings (SSSR count). The lowest BCUT2D eigenvalue weighted by Crippen LogP contribution is -2.31. The average molecular weight is 519 g/mol. The molecule has 0 saturated carbocycles. The number of anilines is 2. The van der Waals surface area contributed by atoms with Gasteiger partial charge in [-0.25, -0.2) is 23.1 Å². The molecular formula is C23H27ClN6O4S. The maximum Gasteiger partial charge on any atom is 0.285 e. The SMILES string of the molecule is Cc1cc([C@@H](C)Nc2ccc(Cl)nc2C(=O)NS(C)(=O)=O)c2nc(N3CCCC3)n(C)c(=O)c2c1. The third-order valence-electron chi connectivity index (χ3n) is 5.91. The van der Waals surface area contributed by atoms with Gasteiger partial charge in [0.2, 0.25) is 16.0 Å². The minimum absolute atomic E-state index is 0.0447. The minimum Gasteiger partial charge on any atom is -0.377 e. The van der Waals surface area contributed by atoms with Crippen LogP contribution in [0.4, 0.5) is 11.6 Å². The molecule has 10 nitrogen and oxygen atoms in total. The molecule has 3 heterocycles. The molecular weight excluding hydrogens is 492 g/mol. The number of hydrogen-bond acceptors (Lipinski definition) is 8. The highest BCUT2D eigenvalue weighted by molar-refractivity contribution is 7.89. The zero-order chi connectivity index (χ0) is 25.5. The highest BCUT2D eigenvalue weighted by Crippen LogP contribution is 2.29. The summed E-state index contributed by atoms with van der Waals surface area (Å²) in [5, 5.41) is 3.77. The van der Waals surface area contributed by atoms with E-state index in [0.29, 0.717) is 22.5 Å². The monoisotopic (exact) mass is 518 g/mol. The van der Waals surface area contributed by atoms with Gasteiger partial charge in [0.1, 0.15) is 5.15 Å². The van der Waals surface area contributed by atoms with Crippen LogP contribution >= 0.6 is 11.6 Å². The zero-order valence-corrected chi connectivity index (χ0v) is 21.5. The summed E-state index contributed by atoms with van der Waals surface area (Å²) >= 11 is 5.98. The molecule has 0 unspecified atom stereocenters. The second-order valence-corrected chi connectivity index (χ2v) is 11.0. The molecule has 2 aromatic heterocycles. The third-order valence-corrected chi connectivity index (χ3v) is 6.68. The number of hydrogen-bond donors (Lipinski definition) is 2. The minimum atomic E-state index is -3.80. The zero-order valence-electron chi connectivity index (χ0n) is 19.9. The Hall–Kier alpha value is -3.18. The topological polar surface area (TPSA) is 126 Å². The predicted molar refractivity (Wildman–Crippen MR) is 137 cm³/mol. The molecule has 3 aromatic rings. The second kappa shape index (κ2) is 9.46. The number of fused-ring (bicyclic) bond motifs is 1. The highest BCUT2D eigenvalue weighted by Gasteiger charge is 2.23. The van der Waals surface area contributed by atoms with E-state index in [4.69, 9.17) is 16.6 Å². The van der Waals surface area contributed by atoms with E-state index in [1.165, 1.54) is 6.07 Å². The third kappa shape index (κ3) is 5.25. The van der Waals surface area contributed by atoms with Crippen molar-refractivity contribution in [2.75, 3.05) is 29.6 Å². The van der Waals surface area contributed by atoms with Crippen LogP contribution in [0.5, 0.6) is 0 Å². The fraction of sp³-hybridized carbons (Fsp3) is 0.391. The Morgan fingerprint density at radius 1 is 1.17 bits per heavy atom. The van der Waals surface area contributed by atoms with E-state index < -0.39 is 22.0 Å².